The average molecular weight is 388 g/mol. The molecule has 0 aromatic rings. The molecule has 0 aliphatic carbocycles. The smallest absolute Gasteiger partial charge is 0.430 e. The van der Waals surface area contributed by atoms with Crippen LogP contribution in [0.4, 0.5) is 9.59 Å². The Labute approximate surface area is 160 Å². The fraction of sp³-hybridized carbons (Fsp3) is 0.778. The Kier molecular flexibility index (Phi) is 7.44. The zero-order chi connectivity index (χ0) is 21.8. The maximum atomic E-state index is 12.6. The van der Waals surface area contributed by atoms with Gasteiger partial charge in [0.25, 0.3) is 0 Å². The first kappa shape index (κ1) is 24.7. The maximum Gasteiger partial charge on any atom is 0.430 e. The Morgan fingerprint density at radius 3 is 1.48 bits per heavy atom. The van der Waals surface area contributed by atoms with Crippen molar-refractivity contribution in [3.05, 3.63) is 0 Å². The van der Waals surface area contributed by atoms with Crippen molar-refractivity contribution in [1.82, 2.24) is 10.4 Å². The first-order valence-corrected chi connectivity index (χ1v) is 8.53. The maximum absolute atomic E-state index is 12.6. The summed E-state index contributed by atoms with van der Waals surface area (Å²) < 4.78 is 15.5. The zero-order valence-electron chi connectivity index (χ0n) is 17.9. The number of carbonyl (C=O) groups is 4. The second kappa shape index (κ2) is 8.14. The molecule has 0 spiro atoms. The molecular formula is C18H32N2O7. The van der Waals surface area contributed by atoms with Crippen LogP contribution in [0.3, 0.4) is 0 Å². The van der Waals surface area contributed by atoms with Crippen LogP contribution in [0.15, 0.2) is 0 Å². The average Bonchev–Trinajstić information content (AvgIpc) is 2.37. The molecule has 0 unspecified atom stereocenters. The van der Waals surface area contributed by atoms with Gasteiger partial charge in [-0.3, -0.25) is 4.79 Å². The van der Waals surface area contributed by atoms with Crippen molar-refractivity contribution >= 4 is 24.4 Å². The van der Waals surface area contributed by atoms with Gasteiger partial charge in [-0.2, -0.15) is 5.01 Å². The Bertz CT molecular complexity index is 582. The van der Waals surface area contributed by atoms with Crippen LogP contribution in [0.1, 0.15) is 69.2 Å². The van der Waals surface area contributed by atoms with Crippen LogP contribution in [0.2, 0.25) is 0 Å². The van der Waals surface area contributed by atoms with Gasteiger partial charge in [0.1, 0.15) is 16.8 Å². The molecule has 9 nitrogen and oxygen atoms in total. The lowest BCUT2D eigenvalue weighted by Gasteiger charge is -2.37. The van der Waals surface area contributed by atoms with Gasteiger partial charge < -0.3 is 14.2 Å². The minimum absolute atomic E-state index is 0.197. The van der Waals surface area contributed by atoms with E-state index in [2.05, 4.69) is 5.43 Å². The van der Waals surface area contributed by atoms with Crippen molar-refractivity contribution in [3.63, 3.8) is 0 Å². The number of ether oxygens (including phenoxy) is 3. The molecule has 0 radical (unpaired) electrons. The molecule has 9 heteroatoms. The van der Waals surface area contributed by atoms with E-state index in [1.54, 1.807) is 62.3 Å². The van der Waals surface area contributed by atoms with E-state index < -0.39 is 40.5 Å². The SMILES string of the molecule is CC(C)(C)OC(=O)NN(C(=O)OC(C)(C)C)[C@@](C)(C=O)C(=O)OC(C)(C)C. The third kappa shape index (κ3) is 8.74. The molecule has 0 aliphatic rings. The van der Waals surface area contributed by atoms with Crippen LogP contribution in [0, 0.1) is 0 Å². The molecule has 1 atom stereocenters. The van der Waals surface area contributed by atoms with E-state index in [0.717, 1.165) is 6.92 Å². The summed E-state index contributed by atoms with van der Waals surface area (Å²) in [7, 11) is 0. The van der Waals surface area contributed by atoms with E-state index in [-0.39, 0.29) is 6.29 Å². The number of amides is 2. The molecule has 0 aromatic carbocycles. The van der Waals surface area contributed by atoms with E-state index in [9.17, 15) is 19.2 Å². The van der Waals surface area contributed by atoms with Crippen LogP contribution in [-0.2, 0) is 23.8 Å². The zero-order valence-corrected chi connectivity index (χ0v) is 17.9. The van der Waals surface area contributed by atoms with Gasteiger partial charge in [0.15, 0.2) is 6.29 Å². The summed E-state index contributed by atoms with van der Waals surface area (Å²) >= 11 is 0. The van der Waals surface area contributed by atoms with Gasteiger partial charge in [0.05, 0.1) is 0 Å². The first-order chi connectivity index (χ1) is 11.8. The summed E-state index contributed by atoms with van der Waals surface area (Å²) in [5, 5.41) is 0.480. The van der Waals surface area contributed by atoms with E-state index in [1.165, 1.54) is 0 Å². The molecule has 0 heterocycles. The summed E-state index contributed by atoms with van der Waals surface area (Å²) in [4.78, 5) is 49.1. The van der Waals surface area contributed by atoms with Crippen molar-refractivity contribution in [1.29, 1.82) is 0 Å². The first-order valence-electron chi connectivity index (χ1n) is 8.53. The molecule has 0 aromatic heterocycles. The highest BCUT2D eigenvalue weighted by molar-refractivity contribution is 6.01. The highest BCUT2D eigenvalue weighted by Crippen LogP contribution is 2.21. The van der Waals surface area contributed by atoms with E-state index in [4.69, 9.17) is 14.2 Å². The third-order valence-corrected chi connectivity index (χ3v) is 2.68. The van der Waals surface area contributed by atoms with E-state index in [0.29, 0.717) is 5.01 Å². The van der Waals surface area contributed by atoms with Gasteiger partial charge >= 0.3 is 18.2 Å². The summed E-state index contributed by atoms with van der Waals surface area (Å²) in [5.74, 6) is -1.04. The number of esters is 1. The molecule has 0 rings (SSSR count). The molecule has 0 saturated carbocycles. The summed E-state index contributed by atoms with van der Waals surface area (Å²) in [6.45, 7) is 15.6. The largest absolute Gasteiger partial charge is 0.458 e. The number of carbonyl (C=O) groups excluding carboxylic acids is 4. The lowest BCUT2D eigenvalue weighted by atomic mass is 10.0. The van der Waals surface area contributed by atoms with Crippen molar-refractivity contribution in [2.45, 2.75) is 91.6 Å². The van der Waals surface area contributed by atoms with E-state index in [1.807, 2.05) is 0 Å². The molecular weight excluding hydrogens is 356 g/mol. The quantitative estimate of drug-likeness (QED) is 0.260. The minimum atomic E-state index is -2.17. The van der Waals surface area contributed by atoms with Crippen molar-refractivity contribution in [2.75, 3.05) is 0 Å². The van der Waals surface area contributed by atoms with Crippen molar-refractivity contribution in [2.24, 2.45) is 0 Å². The molecule has 0 saturated heterocycles. The highest BCUT2D eigenvalue weighted by atomic mass is 16.6. The van der Waals surface area contributed by atoms with Crippen LogP contribution < -0.4 is 5.43 Å². The molecule has 1 N–H and O–H groups in total. The Morgan fingerprint density at radius 1 is 0.741 bits per heavy atom. The number of aldehydes is 1. The van der Waals surface area contributed by atoms with Gasteiger partial charge in [0.2, 0.25) is 5.54 Å². The van der Waals surface area contributed by atoms with Gasteiger partial charge in [-0.05, 0) is 69.2 Å². The van der Waals surface area contributed by atoms with Crippen LogP contribution >= 0.6 is 0 Å². The summed E-state index contributed by atoms with van der Waals surface area (Å²) in [6.07, 6.45) is -1.96. The fourth-order valence-corrected chi connectivity index (χ4v) is 1.62. The molecule has 0 aliphatic heterocycles. The van der Waals surface area contributed by atoms with Gasteiger partial charge in [-0.15, -0.1) is 0 Å². The number of nitrogens with zero attached hydrogens (tertiary/aromatic N) is 1. The fourth-order valence-electron chi connectivity index (χ4n) is 1.62. The Hall–Kier alpha value is -2.32. The number of hydrazine groups is 1. The second-order valence-corrected chi connectivity index (χ2v) is 9.20. The Morgan fingerprint density at radius 2 is 1.15 bits per heavy atom. The predicted molar refractivity (Wildman–Crippen MR) is 97.8 cm³/mol. The third-order valence-electron chi connectivity index (χ3n) is 2.68. The topological polar surface area (TPSA) is 111 Å². The van der Waals surface area contributed by atoms with Crippen molar-refractivity contribution in [3.8, 4) is 0 Å². The van der Waals surface area contributed by atoms with Crippen molar-refractivity contribution < 1.29 is 33.4 Å². The standard InChI is InChI=1S/C18H32N2O7/c1-15(2,3)25-12(22)18(10,11-21)20(14(24)27-17(7,8)9)19-13(23)26-16(4,5)6/h11H,1-10H3,(H,19,23)/t18-/m0/s1. The minimum Gasteiger partial charge on any atom is -0.458 e. The lowest BCUT2D eigenvalue weighted by Crippen LogP contribution is -2.65. The highest BCUT2D eigenvalue weighted by Gasteiger charge is 2.48. The van der Waals surface area contributed by atoms with E-state index >= 15 is 0 Å². The van der Waals surface area contributed by atoms with Crippen LogP contribution in [0.5, 0.6) is 0 Å². The summed E-state index contributed by atoms with van der Waals surface area (Å²) in [6, 6.07) is 0. The molecule has 27 heavy (non-hydrogen) atoms. The number of hydrogen-bond acceptors (Lipinski definition) is 7. The Balaban J connectivity index is 5.90. The lowest BCUT2D eigenvalue weighted by molar-refractivity contribution is -0.170. The van der Waals surface area contributed by atoms with Crippen LogP contribution in [-0.4, -0.2) is 51.8 Å². The number of nitrogens with one attached hydrogen (secondary N) is 1. The van der Waals surface area contributed by atoms with Gasteiger partial charge in [-0.25, -0.2) is 19.8 Å². The number of hydrogen-bond donors (Lipinski definition) is 1. The molecule has 0 bridgehead atoms. The predicted octanol–water partition coefficient (Wildman–Crippen LogP) is 2.96. The van der Waals surface area contributed by atoms with Crippen LogP contribution in [0.25, 0.3) is 0 Å². The molecule has 0 fully saturated rings. The summed E-state index contributed by atoms with van der Waals surface area (Å²) in [5.41, 5.74) is -2.79. The molecule has 2 amide bonds. The number of rotatable bonds is 3. The second-order valence-electron chi connectivity index (χ2n) is 9.20. The monoisotopic (exact) mass is 388 g/mol. The van der Waals surface area contributed by atoms with Gasteiger partial charge in [0, 0.05) is 0 Å². The molecule has 156 valence electrons. The van der Waals surface area contributed by atoms with Gasteiger partial charge in [-0.1, -0.05) is 0 Å². The normalized spacial score (nSPS) is 14.4.